The number of rotatable bonds is 15. The van der Waals surface area contributed by atoms with Crippen LogP contribution in [-0.2, 0) is 19.3 Å². The van der Waals surface area contributed by atoms with Crippen LogP contribution in [-0.4, -0.2) is 118 Å². The highest BCUT2D eigenvalue weighted by Crippen LogP contribution is 2.20. The Balaban J connectivity index is 0.945. The first kappa shape index (κ1) is 36.4. The molecule has 4 heterocycles. The van der Waals surface area contributed by atoms with E-state index in [9.17, 15) is 0 Å². The minimum Gasteiger partial charge on any atom is -0.384 e. The summed E-state index contributed by atoms with van der Waals surface area (Å²) in [5, 5.41) is 6.77. The first-order chi connectivity index (χ1) is 24.4. The van der Waals surface area contributed by atoms with Crippen LogP contribution in [0.3, 0.4) is 0 Å². The molecule has 4 N–H and O–H groups in total. The van der Waals surface area contributed by atoms with Gasteiger partial charge in [0.15, 0.2) is 0 Å². The van der Waals surface area contributed by atoms with Crippen LogP contribution < -0.4 is 16.4 Å². The fraction of sp³-hybridized carbons (Fsp3) is 0.474. The van der Waals surface area contributed by atoms with Gasteiger partial charge in [0, 0.05) is 101 Å². The Morgan fingerprint density at radius 3 is 1.90 bits per heavy atom. The van der Waals surface area contributed by atoms with Gasteiger partial charge in [0.1, 0.15) is 9.52 Å². The molecular formula is C38H52IN11. The van der Waals surface area contributed by atoms with Crippen molar-refractivity contribution < 1.29 is 0 Å². The first-order valence-corrected chi connectivity index (χ1v) is 19.2. The molecule has 0 bridgehead atoms. The molecule has 0 aliphatic carbocycles. The third kappa shape index (κ3) is 11.0. The van der Waals surface area contributed by atoms with E-state index in [0.29, 0.717) is 23.8 Å². The molecular weight excluding hydrogens is 737 g/mol. The van der Waals surface area contributed by atoms with Crippen molar-refractivity contribution in [1.29, 1.82) is 0 Å². The number of nitrogens with zero attached hydrogens (tertiary/aromatic N) is 8. The lowest BCUT2D eigenvalue weighted by molar-refractivity contribution is 0.103. The molecule has 1 atom stereocenters. The quantitative estimate of drug-likeness (QED) is 0.108. The van der Waals surface area contributed by atoms with Gasteiger partial charge in [-0.15, -0.1) is 0 Å². The zero-order valence-corrected chi connectivity index (χ0v) is 31.7. The Morgan fingerprint density at radius 1 is 0.720 bits per heavy atom. The fourth-order valence-corrected chi connectivity index (χ4v) is 7.50. The summed E-state index contributed by atoms with van der Waals surface area (Å²) in [6, 6.07) is 21.4. The number of benzene rings is 2. The van der Waals surface area contributed by atoms with Gasteiger partial charge in [0.2, 0.25) is 11.9 Å². The van der Waals surface area contributed by atoms with E-state index in [-0.39, 0.29) is 0 Å². The van der Waals surface area contributed by atoms with E-state index in [1.165, 1.54) is 50.3 Å². The number of hydrogen-bond donors (Lipinski definition) is 3. The Morgan fingerprint density at radius 2 is 1.30 bits per heavy atom. The molecule has 2 aliphatic heterocycles. The summed E-state index contributed by atoms with van der Waals surface area (Å²) in [6.45, 7) is 16.9. The third-order valence-electron chi connectivity index (χ3n) is 9.76. The summed E-state index contributed by atoms with van der Waals surface area (Å²) in [5.74, 6) is 1.64. The molecule has 1 unspecified atom stereocenters. The molecule has 0 spiro atoms. The monoisotopic (exact) mass is 789 g/mol. The third-order valence-corrected chi connectivity index (χ3v) is 10.3. The highest BCUT2D eigenvalue weighted by atomic mass is 127. The maximum Gasteiger partial charge on any atom is 0.229 e. The largest absolute Gasteiger partial charge is 0.384 e. The Kier molecular flexibility index (Phi) is 13.2. The van der Waals surface area contributed by atoms with E-state index in [2.05, 4.69) is 125 Å². The molecule has 50 heavy (non-hydrogen) atoms. The van der Waals surface area contributed by atoms with E-state index >= 15 is 0 Å². The molecule has 266 valence electrons. The van der Waals surface area contributed by atoms with Gasteiger partial charge < -0.3 is 31.1 Å². The number of nitrogens with two attached hydrogens (primary N) is 1. The van der Waals surface area contributed by atoms with E-state index in [0.717, 1.165) is 79.3 Å². The second-order valence-corrected chi connectivity index (χ2v) is 14.7. The summed E-state index contributed by atoms with van der Waals surface area (Å²) in [4.78, 5) is 28.5. The van der Waals surface area contributed by atoms with Crippen LogP contribution in [0, 0.1) is 3.70 Å². The minimum absolute atomic E-state index is 0.403. The Labute approximate surface area is 311 Å². The van der Waals surface area contributed by atoms with Gasteiger partial charge in [-0.25, -0.2) is 15.0 Å². The predicted molar refractivity (Wildman–Crippen MR) is 212 cm³/mol. The Hall–Kier alpha value is -3.43. The number of aromatic nitrogens is 4. The van der Waals surface area contributed by atoms with Crippen molar-refractivity contribution >= 4 is 51.7 Å². The van der Waals surface area contributed by atoms with Crippen molar-refractivity contribution in [2.24, 2.45) is 0 Å². The molecule has 11 nitrogen and oxygen atoms in total. The van der Waals surface area contributed by atoms with Crippen LogP contribution >= 0.6 is 22.6 Å². The normalized spacial score (nSPS) is 17.1. The van der Waals surface area contributed by atoms with Crippen LogP contribution in [0.25, 0.3) is 0 Å². The summed E-state index contributed by atoms with van der Waals surface area (Å²) < 4.78 is 0.963. The van der Waals surface area contributed by atoms with Gasteiger partial charge in [-0.2, -0.15) is 4.98 Å². The van der Waals surface area contributed by atoms with Gasteiger partial charge in [-0.1, -0.05) is 31.2 Å². The molecule has 0 saturated carbocycles. The molecule has 4 aromatic rings. The van der Waals surface area contributed by atoms with E-state index in [4.69, 9.17) is 15.7 Å². The molecule has 6 rings (SSSR count). The van der Waals surface area contributed by atoms with Crippen LogP contribution in [0.15, 0.2) is 66.9 Å². The highest BCUT2D eigenvalue weighted by molar-refractivity contribution is 14.1. The highest BCUT2D eigenvalue weighted by Gasteiger charge is 2.22. The van der Waals surface area contributed by atoms with Gasteiger partial charge in [0.25, 0.3) is 0 Å². The molecule has 2 aromatic carbocycles. The SMILES string of the molecule is CCCN1CCN(CCc2cccc(Nc3nc(I)cc(CC(C)N4CCN(CCc5cccc(Nc6nccc(N)n6)c5)CC4)n3)c2)CC1. The average molecular weight is 790 g/mol. The van der Waals surface area contributed by atoms with Crippen molar-refractivity contribution in [3.8, 4) is 0 Å². The summed E-state index contributed by atoms with van der Waals surface area (Å²) in [5.41, 5.74) is 11.5. The molecule has 2 aromatic heterocycles. The van der Waals surface area contributed by atoms with Crippen molar-refractivity contribution in [1.82, 2.24) is 39.5 Å². The van der Waals surface area contributed by atoms with Crippen molar-refractivity contribution in [3.05, 3.63) is 87.4 Å². The standard InChI is InChI=1S/C38H52IN11/c1-3-14-47-17-19-48(20-18-47)15-11-31-7-5-9-33(27-31)43-38-44-34(28-35(39)45-38)25-29(2)50-23-21-49(22-24-50)16-12-30-6-4-8-32(26-30)42-37-41-13-10-36(40)46-37/h4-10,13,26-29H,3,11-12,14-25H2,1-2H3,(H,43,44,45)(H3,40,41,42,46). The van der Waals surface area contributed by atoms with Crippen molar-refractivity contribution in [2.45, 2.75) is 45.6 Å². The number of nitrogens with one attached hydrogen (secondary N) is 2. The first-order valence-electron chi connectivity index (χ1n) is 18.1. The van der Waals surface area contributed by atoms with E-state index < -0.39 is 0 Å². The van der Waals surface area contributed by atoms with E-state index in [1.54, 1.807) is 12.3 Å². The number of piperazine rings is 2. The van der Waals surface area contributed by atoms with Gasteiger partial charge in [-0.05, 0) is 103 Å². The summed E-state index contributed by atoms with van der Waals surface area (Å²) in [6.07, 6.45) is 5.85. The maximum absolute atomic E-state index is 5.80. The fourth-order valence-electron chi connectivity index (χ4n) is 6.91. The summed E-state index contributed by atoms with van der Waals surface area (Å²) >= 11 is 2.32. The lowest BCUT2D eigenvalue weighted by atomic mass is 10.1. The Bertz CT molecular complexity index is 1650. The number of anilines is 5. The molecule has 2 saturated heterocycles. The zero-order chi connectivity index (χ0) is 34.7. The molecule has 0 radical (unpaired) electrons. The summed E-state index contributed by atoms with van der Waals surface area (Å²) in [7, 11) is 0. The second-order valence-electron chi connectivity index (χ2n) is 13.6. The van der Waals surface area contributed by atoms with Gasteiger partial charge in [0.05, 0.1) is 0 Å². The van der Waals surface area contributed by atoms with Crippen molar-refractivity contribution in [3.63, 3.8) is 0 Å². The smallest absolute Gasteiger partial charge is 0.229 e. The van der Waals surface area contributed by atoms with Gasteiger partial charge >= 0.3 is 0 Å². The van der Waals surface area contributed by atoms with Crippen LogP contribution in [0.1, 0.15) is 37.1 Å². The number of nitrogen functional groups attached to an aromatic ring is 1. The van der Waals surface area contributed by atoms with Crippen LogP contribution in [0.2, 0.25) is 0 Å². The van der Waals surface area contributed by atoms with Gasteiger partial charge in [-0.3, -0.25) is 4.90 Å². The molecule has 12 heteroatoms. The predicted octanol–water partition coefficient (Wildman–Crippen LogP) is 5.30. The number of halogens is 1. The second kappa shape index (κ2) is 18.2. The molecule has 2 fully saturated rings. The molecule has 2 aliphatic rings. The topological polar surface area (TPSA) is 115 Å². The van der Waals surface area contributed by atoms with E-state index in [1.807, 2.05) is 6.07 Å². The lowest BCUT2D eigenvalue weighted by Crippen LogP contribution is -2.50. The van der Waals surface area contributed by atoms with Crippen LogP contribution in [0.5, 0.6) is 0 Å². The zero-order valence-electron chi connectivity index (χ0n) is 29.6. The number of hydrogen-bond acceptors (Lipinski definition) is 11. The lowest BCUT2D eigenvalue weighted by Gasteiger charge is -2.38. The average Bonchev–Trinajstić information content (AvgIpc) is 3.11. The molecule has 0 amide bonds. The van der Waals surface area contributed by atoms with Crippen LogP contribution in [0.4, 0.5) is 29.1 Å². The maximum atomic E-state index is 5.80. The van der Waals surface area contributed by atoms with Crippen molar-refractivity contribution in [2.75, 3.05) is 88.4 Å². The minimum atomic E-state index is 0.403.